The fourth-order valence-electron chi connectivity index (χ4n) is 2.10. The molecule has 0 fully saturated rings. The van der Waals surface area contributed by atoms with Crippen molar-refractivity contribution >= 4 is 11.0 Å². The predicted molar refractivity (Wildman–Crippen MR) is 70.8 cm³/mol. The second kappa shape index (κ2) is 4.05. The number of H-pyrrole nitrogens is 3. The number of aryl methyl sites for hydroxylation is 1. The van der Waals surface area contributed by atoms with Crippen LogP contribution in [0, 0.1) is 13.8 Å². The summed E-state index contributed by atoms with van der Waals surface area (Å²) in [6, 6.07) is 1.73. The zero-order valence-corrected chi connectivity index (χ0v) is 10.7. The lowest BCUT2D eigenvalue weighted by Crippen LogP contribution is -2.29. The van der Waals surface area contributed by atoms with E-state index in [4.69, 9.17) is 4.42 Å². The summed E-state index contributed by atoms with van der Waals surface area (Å²) >= 11 is 0. The summed E-state index contributed by atoms with van der Waals surface area (Å²) < 4.78 is 4.95. The van der Waals surface area contributed by atoms with Gasteiger partial charge in [-0.15, -0.1) is 5.10 Å². The third-order valence-corrected chi connectivity index (χ3v) is 3.19. The van der Waals surface area contributed by atoms with E-state index in [0.29, 0.717) is 16.6 Å². The van der Waals surface area contributed by atoms with Gasteiger partial charge in [0, 0.05) is 0 Å². The van der Waals surface area contributed by atoms with Crippen molar-refractivity contribution in [3.63, 3.8) is 0 Å². The van der Waals surface area contributed by atoms with E-state index in [9.17, 15) is 14.4 Å². The van der Waals surface area contributed by atoms with Crippen LogP contribution in [0.2, 0.25) is 0 Å². The molecule has 0 aliphatic heterocycles. The van der Waals surface area contributed by atoms with E-state index >= 15 is 0 Å². The Hall–Kier alpha value is -2.90. The molecule has 0 unspecified atom stereocenters. The number of hydrogen-bond acceptors (Lipinski definition) is 5. The smallest absolute Gasteiger partial charge is 0.388 e. The maximum Gasteiger partial charge on any atom is 0.434 e. The Morgan fingerprint density at radius 3 is 2.45 bits per heavy atom. The summed E-state index contributed by atoms with van der Waals surface area (Å²) in [5.74, 6) is -0.635. The van der Waals surface area contributed by atoms with Crippen molar-refractivity contribution in [1.82, 2.24) is 20.2 Å². The van der Waals surface area contributed by atoms with Crippen LogP contribution in [0.1, 0.15) is 11.1 Å². The molecule has 0 saturated heterocycles. The summed E-state index contributed by atoms with van der Waals surface area (Å²) in [7, 11) is 0. The minimum Gasteiger partial charge on any atom is -0.388 e. The van der Waals surface area contributed by atoms with Crippen molar-refractivity contribution in [3.8, 4) is 11.5 Å². The number of aromatic amines is 3. The third kappa shape index (κ3) is 1.69. The van der Waals surface area contributed by atoms with Crippen LogP contribution in [0.25, 0.3) is 22.5 Å². The van der Waals surface area contributed by atoms with Crippen LogP contribution in [-0.2, 0) is 0 Å². The van der Waals surface area contributed by atoms with Gasteiger partial charge in [0.25, 0.3) is 5.89 Å². The number of nitrogens with one attached hydrogen (secondary N) is 3. The lowest BCUT2D eigenvalue weighted by Gasteiger charge is -2.09. The van der Waals surface area contributed by atoms with Crippen molar-refractivity contribution in [2.75, 3.05) is 0 Å². The molecule has 0 spiro atoms. The second-order valence-electron chi connectivity index (χ2n) is 4.44. The summed E-state index contributed by atoms with van der Waals surface area (Å²) in [6.07, 6.45) is 0. The number of benzene rings is 1. The fourth-order valence-corrected chi connectivity index (χ4v) is 2.10. The quantitative estimate of drug-likeness (QED) is 0.546. The minimum absolute atomic E-state index is 0.0592. The number of fused-ring (bicyclic) bond motifs is 1. The van der Waals surface area contributed by atoms with Crippen LogP contribution < -0.4 is 16.9 Å². The molecule has 0 aliphatic rings. The topological polar surface area (TPSA) is 125 Å². The lowest BCUT2D eigenvalue weighted by molar-refractivity contribution is 0.527. The summed E-state index contributed by atoms with van der Waals surface area (Å²) in [4.78, 5) is 39.0. The molecule has 3 aromatic rings. The maximum absolute atomic E-state index is 11.5. The Morgan fingerprint density at radius 2 is 1.80 bits per heavy atom. The van der Waals surface area contributed by atoms with E-state index in [1.165, 1.54) is 0 Å². The first kappa shape index (κ1) is 12.2. The highest BCUT2D eigenvalue weighted by Crippen LogP contribution is 2.29. The molecule has 2 heterocycles. The Labute approximate surface area is 110 Å². The van der Waals surface area contributed by atoms with Crippen LogP contribution in [0.15, 0.2) is 24.9 Å². The van der Waals surface area contributed by atoms with Gasteiger partial charge >= 0.3 is 16.9 Å². The van der Waals surface area contributed by atoms with E-state index < -0.39 is 16.9 Å². The van der Waals surface area contributed by atoms with Crippen molar-refractivity contribution in [2.24, 2.45) is 0 Å². The van der Waals surface area contributed by atoms with Crippen LogP contribution in [0.5, 0.6) is 0 Å². The molecule has 1 aromatic carbocycles. The SMILES string of the molecule is Cc1cc2[nH]c(=O)c(=O)[nH]c2c(-c2n[nH]c(=O)o2)c1C. The summed E-state index contributed by atoms with van der Waals surface area (Å²) in [5.41, 5.74) is 1.41. The Kier molecular flexibility index (Phi) is 2.46. The predicted octanol–water partition coefficient (Wildman–Crippen LogP) is 0.177. The molecule has 0 atom stereocenters. The number of nitrogens with zero attached hydrogens (tertiary/aromatic N) is 1. The van der Waals surface area contributed by atoms with Gasteiger partial charge in [0.15, 0.2) is 0 Å². The molecule has 0 radical (unpaired) electrons. The highest BCUT2D eigenvalue weighted by Gasteiger charge is 2.16. The summed E-state index contributed by atoms with van der Waals surface area (Å²) in [6.45, 7) is 3.65. The van der Waals surface area contributed by atoms with Crippen molar-refractivity contribution < 1.29 is 4.42 Å². The van der Waals surface area contributed by atoms with Crippen LogP contribution >= 0.6 is 0 Å². The first-order chi connectivity index (χ1) is 9.47. The van der Waals surface area contributed by atoms with Gasteiger partial charge in [-0.3, -0.25) is 9.59 Å². The molecule has 0 amide bonds. The van der Waals surface area contributed by atoms with E-state index in [-0.39, 0.29) is 5.89 Å². The molecule has 8 heteroatoms. The normalized spacial score (nSPS) is 11.1. The van der Waals surface area contributed by atoms with E-state index in [1.54, 1.807) is 6.07 Å². The highest BCUT2D eigenvalue weighted by molar-refractivity contribution is 5.91. The van der Waals surface area contributed by atoms with Crippen molar-refractivity contribution in [1.29, 1.82) is 0 Å². The second-order valence-corrected chi connectivity index (χ2v) is 4.44. The first-order valence-electron chi connectivity index (χ1n) is 5.80. The van der Waals surface area contributed by atoms with Gasteiger partial charge in [-0.25, -0.2) is 9.89 Å². The van der Waals surface area contributed by atoms with Gasteiger partial charge in [0.1, 0.15) is 0 Å². The number of rotatable bonds is 1. The molecule has 3 rings (SSSR count). The average Bonchev–Trinajstić information content (AvgIpc) is 2.80. The third-order valence-electron chi connectivity index (χ3n) is 3.19. The number of aromatic nitrogens is 4. The van der Waals surface area contributed by atoms with Crippen LogP contribution in [0.4, 0.5) is 0 Å². The van der Waals surface area contributed by atoms with Crippen LogP contribution in [0.3, 0.4) is 0 Å². The fraction of sp³-hybridized carbons (Fsp3) is 0.167. The van der Waals surface area contributed by atoms with Gasteiger partial charge in [0.05, 0.1) is 16.6 Å². The van der Waals surface area contributed by atoms with Gasteiger partial charge < -0.3 is 14.4 Å². The van der Waals surface area contributed by atoms with Gasteiger partial charge in [-0.2, -0.15) is 0 Å². The standard InChI is InChI=1S/C12H10N4O4/c1-4-3-6-8(14-10(18)9(17)13-6)7(5(4)2)11-15-16-12(19)20-11/h3H,1-2H3,(H,13,17)(H,14,18)(H,16,19). The molecule has 20 heavy (non-hydrogen) atoms. The molecular weight excluding hydrogens is 264 g/mol. The van der Waals surface area contributed by atoms with E-state index in [1.807, 2.05) is 13.8 Å². The Balaban J connectivity index is 2.54. The van der Waals surface area contributed by atoms with Crippen molar-refractivity contribution in [2.45, 2.75) is 13.8 Å². The molecule has 8 nitrogen and oxygen atoms in total. The van der Waals surface area contributed by atoms with E-state index in [0.717, 1.165) is 11.1 Å². The Bertz CT molecular complexity index is 989. The van der Waals surface area contributed by atoms with Crippen molar-refractivity contribution in [3.05, 3.63) is 48.5 Å². The van der Waals surface area contributed by atoms with Crippen LogP contribution in [-0.4, -0.2) is 20.2 Å². The maximum atomic E-state index is 11.5. The highest BCUT2D eigenvalue weighted by atomic mass is 16.4. The molecule has 0 saturated carbocycles. The van der Waals surface area contributed by atoms with Gasteiger partial charge in [0.2, 0.25) is 0 Å². The lowest BCUT2D eigenvalue weighted by atomic mass is 10.0. The molecule has 2 aromatic heterocycles. The molecule has 0 aliphatic carbocycles. The first-order valence-corrected chi connectivity index (χ1v) is 5.80. The molecular formula is C12H10N4O4. The number of hydrogen-bond donors (Lipinski definition) is 3. The van der Waals surface area contributed by atoms with E-state index in [2.05, 4.69) is 20.2 Å². The molecule has 0 bridgehead atoms. The molecule has 102 valence electrons. The van der Waals surface area contributed by atoms with Gasteiger partial charge in [-0.05, 0) is 31.0 Å². The summed E-state index contributed by atoms with van der Waals surface area (Å²) in [5, 5.41) is 5.94. The average molecular weight is 274 g/mol. The van der Waals surface area contributed by atoms with Gasteiger partial charge in [-0.1, -0.05) is 0 Å². The Morgan fingerprint density at radius 1 is 1.10 bits per heavy atom. The largest absolute Gasteiger partial charge is 0.434 e. The monoisotopic (exact) mass is 274 g/mol. The minimum atomic E-state index is -0.778. The zero-order valence-electron chi connectivity index (χ0n) is 10.7. The molecule has 3 N–H and O–H groups in total. The zero-order chi connectivity index (χ0) is 14.4.